The van der Waals surface area contributed by atoms with Gasteiger partial charge in [-0.05, 0) is 34.1 Å². The van der Waals surface area contributed by atoms with Gasteiger partial charge in [0.1, 0.15) is 0 Å². The van der Waals surface area contributed by atoms with Gasteiger partial charge in [-0.15, -0.1) is 0 Å². The molecule has 8 nitrogen and oxygen atoms in total. The first-order valence-electron chi connectivity index (χ1n) is 8.60. The number of hydrogen-bond donors (Lipinski definition) is 1. The van der Waals surface area contributed by atoms with Gasteiger partial charge < -0.3 is 15.0 Å². The predicted octanol–water partition coefficient (Wildman–Crippen LogP) is 0.219. The van der Waals surface area contributed by atoms with Crippen LogP contribution in [0.15, 0.2) is 0 Å². The highest BCUT2D eigenvalue weighted by Gasteiger charge is 2.47. The Morgan fingerprint density at radius 2 is 1.96 bits per heavy atom. The summed E-state index contributed by atoms with van der Waals surface area (Å²) in [6, 6.07) is -0.0440. The lowest BCUT2D eigenvalue weighted by atomic mass is 10.0. The van der Waals surface area contributed by atoms with Crippen molar-refractivity contribution in [1.29, 1.82) is 0 Å². The topological polar surface area (TPSA) is 82.2 Å². The number of nitrogens with zero attached hydrogens (tertiary/aromatic N) is 3. The molecule has 0 aromatic heterocycles. The number of ether oxygens (including phenoxy) is 1. The van der Waals surface area contributed by atoms with E-state index in [1.54, 1.807) is 0 Å². The van der Waals surface area contributed by atoms with Crippen LogP contribution in [-0.4, -0.2) is 84.5 Å². The third kappa shape index (κ3) is 3.14. The molecule has 3 rings (SSSR count). The van der Waals surface area contributed by atoms with Crippen molar-refractivity contribution in [3.05, 3.63) is 0 Å². The van der Waals surface area contributed by atoms with E-state index in [-0.39, 0.29) is 24.2 Å². The van der Waals surface area contributed by atoms with E-state index in [9.17, 15) is 13.2 Å². The molecule has 1 N–H and O–H groups in total. The Morgan fingerprint density at radius 3 is 2.58 bits per heavy atom. The number of carbonyl (C=O) groups is 1. The minimum absolute atomic E-state index is 0.0741. The summed E-state index contributed by atoms with van der Waals surface area (Å²) in [5.41, 5.74) is -0.473. The lowest BCUT2D eigenvalue weighted by Crippen LogP contribution is -2.59. The second kappa shape index (κ2) is 6.12. The number of nitrogens with one attached hydrogen (secondary N) is 1. The van der Waals surface area contributed by atoms with E-state index in [0.29, 0.717) is 39.2 Å². The number of hydrogen-bond acceptors (Lipinski definition) is 4. The molecule has 3 aliphatic heterocycles. The zero-order valence-electron chi connectivity index (χ0n) is 14.9. The van der Waals surface area contributed by atoms with Gasteiger partial charge in [0.25, 0.3) is 10.2 Å². The molecule has 2 amide bonds. The second-order valence-corrected chi connectivity index (χ2v) is 9.65. The molecule has 0 aromatic rings. The number of urea groups is 1. The molecule has 0 bridgehead atoms. The van der Waals surface area contributed by atoms with E-state index < -0.39 is 15.8 Å². The molecule has 3 saturated heterocycles. The first kappa shape index (κ1) is 17.9. The van der Waals surface area contributed by atoms with Gasteiger partial charge in [0.15, 0.2) is 0 Å². The fourth-order valence-corrected chi connectivity index (χ4v) is 5.72. The Bertz CT molecular complexity index is 607. The van der Waals surface area contributed by atoms with E-state index in [2.05, 4.69) is 5.32 Å². The summed E-state index contributed by atoms with van der Waals surface area (Å²) < 4.78 is 34.6. The number of fused-ring (bicyclic) bond motifs is 1. The quantitative estimate of drug-likeness (QED) is 0.780. The molecule has 0 saturated carbocycles. The minimum Gasteiger partial charge on any atom is -0.373 e. The van der Waals surface area contributed by atoms with Gasteiger partial charge in [-0.3, -0.25) is 0 Å². The highest BCUT2D eigenvalue weighted by atomic mass is 32.2. The van der Waals surface area contributed by atoms with Crippen molar-refractivity contribution in [2.45, 2.75) is 57.8 Å². The normalized spacial score (nSPS) is 32.0. The van der Waals surface area contributed by atoms with E-state index in [1.165, 1.54) is 8.61 Å². The summed E-state index contributed by atoms with van der Waals surface area (Å²) in [6.07, 6.45) is 0.661. The molecular weight excluding hydrogens is 332 g/mol. The van der Waals surface area contributed by atoms with Crippen molar-refractivity contribution in [2.24, 2.45) is 0 Å². The van der Waals surface area contributed by atoms with Gasteiger partial charge in [-0.2, -0.15) is 17.0 Å². The van der Waals surface area contributed by atoms with Crippen LogP contribution in [0.2, 0.25) is 0 Å². The number of rotatable bonds is 3. The van der Waals surface area contributed by atoms with Gasteiger partial charge in [-0.25, -0.2) is 4.79 Å². The highest BCUT2D eigenvalue weighted by Crippen LogP contribution is 2.28. The van der Waals surface area contributed by atoms with Crippen LogP contribution in [0.25, 0.3) is 0 Å². The summed E-state index contributed by atoms with van der Waals surface area (Å²) in [5.74, 6) is 0. The van der Waals surface area contributed by atoms with E-state index in [4.69, 9.17) is 4.74 Å². The van der Waals surface area contributed by atoms with Crippen molar-refractivity contribution in [1.82, 2.24) is 18.8 Å². The third-order valence-electron chi connectivity index (χ3n) is 5.04. The summed E-state index contributed by atoms with van der Waals surface area (Å²) in [5, 5.41) is 2.95. The minimum atomic E-state index is -3.53. The smallest absolute Gasteiger partial charge is 0.318 e. The van der Waals surface area contributed by atoms with Gasteiger partial charge in [0.2, 0.25) is 0 Å². The number of morpholine rings is 1. The van der Waals surface area contributed by atoms with Gasteiger partial charge in [0, 0.05) is 32.2 Å². The standard InChI is InChI=1S/C15H28N4O4S/c1-11(2)19-13-5-6-17(9-12(13)16-14(19)20)24(21,22)18-7-8-23-15(3,4)10-18/h11-13H,5-10H2,1-4H3,(H,16,20)/t12-,13+/m1/s1. The third-order valence-corrected chi connectivity index (χ3v) is 6.99. The average molecular weight is 360 g/mol. The summed E-state index contributed by atoms with van der Waals surface area (Å²) in [4.78, 5) is 14.0. The van der Waals surface area contributed by atoms with Crippen LogP contribution in [0.4, 0.5) is 4.79 Å². The molecule has 3 aliphatic rings. The zero-order valence-corrected chi connectivity index (χ0v) is 15.7. The summed E-state index contributed by atoms with van der Waals surface area (Å²) in [7, 11) is -3.53. The molecule has 0 aliphatic carbocycles. The molecule has 2 atom stereocenters. The Hall–Kier alpha value is -0.900. The molecule has 0 spiro atoms. The van der Waals surface area contributed by atoms with Crippen molar-refractivity contribution in [2.75, 3.05) is 32.8 Å². The predicted molar refractivity (Wildman–Crippen MR) is 89.8 cm³/mol. The maximum atomic E-state index is 13.0. The molecule has 3 heterocycles. The molecule has 0 radical (unpaired) electrons. The van der Waals surface area contributed by atoms with E-state index >= 15 is 0 Å². The molecule has 24 heavy (non-hydrogen) atoms. The van der Waals surface area contributed by atoms with Crippen LogP contribution < -0.4 is 5.32 Å². The fraction of sp³-hybridized carbons (Fsp3) is 0.933. The van der Waals surface area contributed by atoms with Crippen molar-refractivity contribution in [3.63, 3.8) is 0 Å². The van der Waals surface area contributed by atoms with Crippen molar-refractivity contribution >= 4 is 16.2 Å². The molecular formula is C15H28N4O4S. The van der Waals surface area contributed by atoms with Gasteiger partial charge in [-0.1, -0.05) is 0 Å². The van der Waals surface area contributed by atoms with Crippen LogP contribution >= 0.6 is 0 Å². The van der Waals surface area contributed by atoms with Crippen LogP contribution in [0.3, 0.4) is 0 Å². The Kier molecular flexibility index (Phi) is 4.57. The SMILES string of the molecule is CC(C)N1C(=O)N[C@@H]2CN(S(=O)(=O)N3CCOC(C)(C)C3)CC[C@@H]21. The number of carbonyl (C=O) groups excluding carboxylic acids is 1. The fourth-order valence-electron chi connectivity index (χ4n) is 3.93. The van der Waals surface area contributed by atoms with Crippen LogP contribution in [0, 0.1) is 0 Å². The summed E-state index contributed by atoms with van der Waals surface area (Å²) >= 11 is 0. The molecule has 9 heteroatoms. The van der Waals surface area contributed by atoms with Crippen molar-refractivity contribution in [3.8, 4) is 0 Å². The van der Waals surface area contributed by atoms with Gasteiger partial charge >= 0.3 is 6.03 Å². The van der Waals surface area contributed by atoms with Crippen LogP contribution in [0.1, 0.15) is 34.1 Å². The summed E-state index contributed by atoms with van der Waals surface area (Å²) in [6.45, 7) is 9.69. The molecule has 0 unspecified atom stereocenters. The van der Waals surface area contributed by atoms with E-state index in [1.807, 2.05) is 32.6 Å². The Morgan fingerprint density at radius 1 is 1.25 bits per heavy atom. The van der Waals surface area contributed by atoms with Crippen molar-refractivity contribution < 1.29 is 17.9 Å². The lowest BCUT2D eigenvalue weighted by molar-refractivity contribution is -0.0654. The second-order valence-electron chi connectivity index (χ2n) is 7.72. The first-order valence-corrected chi connectivity index (χ1v) is 9.99. The zero-order chi connectivity index (χ0) is 17.7. The monoisotopic (exact) mass is 360 g/mol. The average Bonchev–Trinajstić information content (AvgIpc) is 2.81. The number of amides is 2. The largest absolute Gasteiger partial charge is 0.373 e. The highest BCUT2D eigenvalue weighted by molar-refractivity contribution is 7.86. The van der Waals surface area contributed by atoms with Crippen LogP contribution in [-0.2, 0) is 14.9 Å². The Labute approximate surface area is 144 Å². The Balaban J connectivity index is 1.72. The maximum absolute atomic E-state index is 13.0. The molecule has 0 aromatic carbocycles. The van der Waals surface area contributed by atoms with Gasteiger partial charge in [0.05, 0.1) is 24.3 Å². The first-order chi connectivity index (χ1) is 11.1. The van der Waals surface area contributed by atoms with E-state index in [0.717, 1.165) is 0 Å². The maximum Gasteiger partial charge on any atom is 0.318 e. The van der Waals surface area contributed by atoms with Crippen LogP contribution in [0.5, 0.6) is 0 Å². The number of piperidine rings is 1. The lowest BCUT2D eigenvalue weighted by Gasteiger charge is -2.42. The molecule has 3 fully saturated rings. The molecule has 138 valence electrons.